The van der Waals surface area contributed by atoms with Gasteiger partial charge in [0, 0.05) is 6.54 Å². The summed E-state index contributed by atoms with van der Waals surface area (Å²) in [4.78, 5) is 27.6. The van der Waals surface area contributed by atoms with E-state index in [0.717, 1.165) is 12.0 Å². The Morgan fingerprint density at radius 2 is 1.94 bits per heavy atom. The van der Waals surface area contributed by atoms with Crippen LogP contribution in [-0.2, 0) is 16.0 Å². The van der Waals surface area contributed by atoms with Crippen molar-refractivity contribution in [3.8, 4) is 29.1 Å². The van der Waals surface area contributed by atoms with E-state index >= 15 is 0 Å². The summed E-state index contributed by atoms with van der Waals surface area (Å²) in [6, 6.07) is 11.0. The van der Waals surface area contributed by atoms with Crippen LogP contribution in [0.1, 0.15) is 30.0 Å². The highest BCUT2D eigenvalue weighted by atomic mass is 16.7. The van der Waals surface area contributed by atoms with Crippen molar-refractivity contribution < 1.29 is 28.5 Å². The van der Waals surface area contributed by atoms with Crippen LogP contribution in [0.5, 0.6) is 23.0 Å². The van der Waals surface area contributed by atoms with Crippen LogP contribution in [0.2, 0.25) is 0 Å². The van der Waals surface area contributed by atoms with Crippen molar-refractivity contribution in [1.82, 2.24) is 10.2 Å². The smallest absolute Gasteiger partial charge is 0.244 e. The molecular formula is C24H25N3O6. The van der Waals surface area contributed by atoms with Crippen molar-refractivity contribution in [3.63, 3.8) is 0 Å². The Morgan fingerprint density at radius 3 is 2.70 bits per heavy atom. The Morgan fingerprint density at radius 1 is 1.15 bits per heavy atom. The van der Waals surface area contributed by atoms with Gasteiger partial charge in [-0.15, -0.1) is 0 Å². The monoisotopic (exact) mass is 451 g/mol. The van der Waals surface area contributed by atoms with E-state index in [-0.39, 0.29) is 25.0 Å². The zero-order valence-electron chi connectivity index (χ0n) is 18.5. The van der Waals surface area contributed by atoms with Crippen LogP contribution < -0.4 is 24.3 Å². The number of methoxy groups -OCH3 is 2. The molecule has 0 aliphatic carbocycles. The summed E-state index contributed by atoms with van der Waals surface area (Å²) in [5.74, 6) is 1.76. The summed E-state index contributed by atoms with van der Waals surface area (Å²) in [5.41, 5.74) is 1.36. The molecule has 9 nitrogen and oxygen atoms in total. The van der Waals surface area contributed by atoms with E-state index in [1.165, 1.54) is 14.2 Å². The fourth-order valence-corrected chi connectivity index (χ4v) is 4.13. The Balaban J connectivity index is 1.43. The van der Waals surface area contributed by atoms with Gasteiger partial charge >= 0.3 is 0 Å². The van der Waals surface area contributed by atoms with Crippen molar-refractivity contribution in [3.05, 3.63) is 47.5 Å². The van der Waals surface area contributed by atoms with E-state index in [2.05, 4.69) is 11.4 Å². The highest BCUT2D eigenvalue weighted by molar-refractivity contribution is 5.89. The second-order valence-corrected chi connectivity index (χ2v) is 7.79. The third-order valence-electron chi connectivity index (χ3n) is 5.82. The van der Waals surface area contributed by atoms with E-state index in [1.807, 2.05) is 6.07 Å². The number of amides is 2. The van der Waals surface area contributed by atoms with Gasteiger partial charge in [-0.25, -0.2) is 0 Å². The van der Waals surface area contributed by atoms with E-state index in [1.54, 1.807) is 35.2 Å². The summed E-state index contributed by atoms with van der Waals surface area (Å²) >= 11 is 0. The first-order valence-electron chi connectivity index (χ1n) is 10.6. The summed E-state index contributed by atoms with van der Waals surface area (Å²) < 4.78 is 21.2. The molecule has 1 fully saturated rings. The number of nitrogens with zero attached hydrogens (tertiary/aromatic N) is 2. The van der Waals surface area contributed by atoms with Gasteiger partial charge in [0.2, 0.25) is 18.6 Å². The molecule has 2 amide bonds. The summed E-state index contributed by atoms with van der Waals surface area (Å²) in [6.07, 6.45) is 1.42. The van der Waals surface area contributed by atoms with Crippen LogP contribution in [0.25, 0.3) is 0 Å². The average molecular weight is 451 g/mol. The lowest BCUT2D eigenvalue weighted by atomic mass is 10.1. The molecule has 33 heavy (non-hydrogen) atoms. The molecule has 1 saturated heterocycles. The lowest BCUT2D eigenvalue weighted by Gasteiger charge is -2.25. The number of benzene rings is 2. The van der Waals surface area contributed by atoms with Crippen molar-refractivity contribution in [1.29, 1.82) is 5.26 Å². The van der Waals surface area contributed by atoms with Gasteiger partial charge in [0.05, 0.1) is 26.7 Å². The maximum Gasteiger partial charge on any atom is 0.244 e. The van der Waals surface area contributed by atoms with Gasteiger partial charge < -0.3 is 29.2 Å². The topological polar surface area (TPSA) is 110 Å². The quantitative estimate of drug-likeness (QED) is 0.688. The zero-order chi connectivity index (χ0) is 23.4. The van der Waals surface area contributed by atoms with Gasteiger partial charge in [0.1, 0.15) is 12.1 Å². The molecule has 0 radical (unpaired) electrons. The zero-order valence-corrected chi connectivity index (χ0v) is 18.5. The number of likely N-dealkylation sites (tertiary alicyclic amines) is 1. The van der Waals surface area contributed by atoms with Gasteiger partial charge in [0.25, 0.3) is 0 Å². The van der Waals surface area contributed by atoms with Crippen LogP contribution >= 0.6 is 0 Å². The second kappa shape index (κ2) is 9.69. The predicted octanol–water partition coefficient (Wildman–Crippen LogP) is 2.35. The molecule has 1 N–H and O–H groups in total. The minimum absolute atomic E-state index is 0.147. The standard InChI is InChI=1S/C24H25N3O6/c1-30-19-8-6-16(12-21(19)31-2)17(13-25)26-24(29)18-4-3-9-27(18)23(28)11-15-5-7-20-22(10-15)33-14-32-20/h5-8,10,12,17-18H,3-4,9,11,14H2,1-2H3,(H,26,29)/t17?,18-/m0/s1. The van der Waals surface area contributed by atoms with Crippen molar-refractivity contribution in [2.75, 3.05) is 27.6 Å². The van der Waals surface area contributed by atoms with E-state index in [0.29, 0.717) is 41.5 Å². The Hall–Kier alpha value is -3.93. The second-order valence-electron chi connectivity index (χ2n) is 7.79. The Kier molecular flexibility index (Phi) is 6.54. The number of carbonyl (C=O) groups is 2. The van der Waals surface area contributed by atoms with Crippen LogP contribution in [0, 0.1) is 11.3 Å². The molecule has 2 aromatic carbocycles. The third-order valence-corrected chi connectivity index (χ3v) is 5.82. The molecule has 9 heteroatoms. The predicted molar refractivity (Wildman–Crippen MR) is 117 cm³/mol. The van der Waals surface area contributed by atoms with Crippen LogP contribution in [0.15, 0.2) is 36.4 Å². The molecule has 2 aromatic rings. The van der Waals surface area contributed by atoms with Gasteiger partial charge in [-0.2, -0.15) is 5.26 Å². The van der Waals surface area contributed by atoms with Gasteiger partial charge in [0.15, 0.2) is 23.0 Å². The van der Waals surface area contributed by atoms with Crippen LogP contribution in [0.4, 0.5) is 0 Å². The van der Waals surface area contributed by atoms with Crippen LogP contribution in [0.3, 0.4) is 0 Å². The molecule has 172 valence electrons. The molecule has 4 rings (SSSR count). The normalized spacial score (nSPS) is 17.2. The van der Waals surface area contributed by atoms with E-state index in [9.17, 15) is 14.9 Å². The molecule has 2 aliphatic rings. The summed E-state index contributed by atoms with van der Waals surface area (Å²) in [6.45, 7) is 0.663. The molecule has 2 aliphatic heterocycles. The number of carbonyl (C=O) groups excluding carboxylic acids is 2. The minimum Gasteiger partial charge on any atom is -0.493 e. The van der Waals surface area contributed by atoms with Gasteiger partial charge in [-0.1, -0.05) is 12.1 Å². The van der Waals surface area contributed by atoms with Crippen LogP contribution in [-0.4, -0.2) is 50.3 Å². The number of nitrogens with one attached hydrogen (secondary N) is 1. The first kappa shape index (κ1) is 22.3. The maximum absolute atomic E-state index is 13.0. The molecule has 0 saturated carbocycles. The molecule has 2 atom stereocenters. The van der Waals surface area contributed by atoms with E-state index < -0.39 is 12.1 Å². The Bertz CT molecular complexity index is 1100. The third kappa shape index (κ3) is 4.65. The molecule has 0 spiro atoms. The molecular weight excluding hydrogens is 426 g/mol. The number of nitriles is 1. The summed E-state index contributed by atoms with van der Waals surface area (Å²) in [5, 5.41) is 12.4. The van der Waals surface area contributed by atoms with Gasteiger partial charge in [-0.3, -0.25) is 9.59 Å². The fraction of sp³-hybridized carbons (Fsp3) is 0.375. The number of rotatable bonds is 7. The Labute approximate surface area is 191 Å². The van der Waals surface area contributed by atoms with Crippen molar-refractivity contribution in [2.45, 2.75) is 31.3 Å². The van der Waals surface area contributed by atoms with Crippen molar-refractivity contribution >= 4 is 11.8 Å². The first-order chi connectivity index (χ1) is 16.0. The number of hydrogen-bond acceptors (Lipinski definition) is 7. The van der Waals surface area contributed by atoms with Crippen molar-refractivity contribution in [2.24, 2.45) is 0 Å². The summed E-state index contributed by atoms with van der Waals surface area (Å²) in [7, 11) is 3.03. The highest BCUT2D eigenvalue weighted by Crippen LogP contribution is 2.33. The maximum atomic E-state index is 13.0. The average Bonchev–Trinajstić information content (AvgIpc) is 3.51. The number of fused-ring (bicyclic) bond motifs is 1. The largest absolute Gasteiger partial charge is 0.493 e. The first-order valence-corrected chi connectivity index (χ1v) is 10.6. The lowest BCUT2D eigenvalue weighted by Crippen LogP contribution is -2.47. The number of hydrogen-bond donors (Lipinski definition) is 1. The highest BCUT2D eigenvalue weighted by Gasteiger charge is 2.35. The molecule has 2 heterocycles. The minimum atomic E-state index is -0.885. The van der Waals surface area contributed by atoms with E-state index in [4.69, 9.17) is 18.9 Å². The number of ether oxygens (including phenoxy) is 4. The fourth-order valence-electron chi connectivity index (χ4n) is 4.13. The lowest BCUT2D eigenvalue weighted by molar-refractivity contribution is -0.138. The molecule has 0 aromatic heterocycles. The van der Waals surface area contributed by atoms with Gasteiger partial charge in [-0.05, 0) is 48.2 Å². The SMILES string of the molecule is COc1ccc(C(C#N)NC(=O)[C@@H]2CCCN2C(=O)Cc2ccc3c(c2)OCO3)cc1OC. The molecule has 1 unspecified atom stereocenters. The molecule has 0 bridgehead atoms.